The van der Waals surface area contributed by atoms with Crippen LogP contribution in [-0.2, 0) is 0 Å². The molecular formula is C10H7ClFN3. The number of aromatic nitrogens is 2. The maximum absolute atomic E-state index is 13.4. The van der Waals surface area contributed by atoms with Crippen LogP contribution < -0.4 is 5.73 Å². The molecule has 0 unspecified atom stereocenters. The van der Waals surface area contributed by atoms with Gasteiger partial charge in [-0.05, 0) is 12.1 Å². The van der Waals surface area contributed by atoms with E-state index in [1.807, 2.05) is 0 Å². The second kappa shape index (κ2) is 3.82. The smallest absolute Gasteiger partial charge is 0.159 e. The molecule has 2 aromatic rings. The predicted molar refractivity (Wildman–Crippen MR) is 56.8 cm³/mol. The van der Waals surface area contributed by atoms with Gasteiger partial charge in [-0.1, -0.05) is 29.8 Å². The standard InChI is InChI=1S/C10H7ClFN3/c11-10-7(5-9(13)14-15-10)6-3-1-2-4-8(6)12/h1-5H,(H2,13,14). The molecule has 1 aromatic heterocycles. The van der Waals surface area contributed by atoms with Crippen molar-refractivity contribution in [1.29, 1.82) is 0 Å². The Bertz CT molecular complexity index is 502. The Morgan fingerprint density at radius 1 is 1.13 bits per heavy atom. The average Bonchev–Trinajstić information content (AvgIpc) is 2.23. The molecule has 3 nitrogen and oxygen atoms in total. The summed E-state index contributed by atoms with van der Waals surface area (Å²) in [6.07, 6.45) is 0. The van der Waals surface area contributed by atoms with E-state index >= 15 is 0 Å². The van der Waals surface area contributed by atoms with Crippen molar-refractivity contribution in [1.82, 2.24) is 10.2 Å². The molecule has 0 atom stereocenters. The first kappa shape index (κ1) is 9.86. The van der Waals surface area contributed by atoms with E-state index < -0.39 is 0 Å². The largest absolute Gasteiger partial charge is 0.382 e. The molecule has 0 saturated carbocycles. The number of hydrogen-bond donors (Lipinski definition) is 1. The highest BCUT2D eigenvalue weighted by Gasteiger charge is 2.10. The molecule has 2 N–H and O–H groups in total. The maximum Gasteiger partial charge on any atom is 0.159 e. The quantitative estimate of drug-likeness (QED) is 0.808. The molecule has 0 bridgehead atoms. The summed E-state index contributed by atoms with van der Waals surface area (Å²) in [6.45, 7) is 0. The Morgan fingerprint density at radius 3 is 2.60 bits per heavy atom. The maximum atomic E-state index is 13.4. The van der Waals surface area contributed by atoms with Crippen molar-refractivity contribution >= 4 is 17.4 Å². The van der Waals surface area contributed by atoms with Gasteiger partial charge in [-0.3, -0.25) is 0 Å². The third-order valence-electron chi connectivity index (χ3n) is 1.93. The third-order valence-corrected chi connectivity index (χ3v) is 2.21. The van der Waals surface area contributed by atoms with Crippen LogP contribution in [0.2, 0.25) is 5.15 Å². The van der Waals surface area contributed by atoms with E-state index in [4.69, 9.17) is 17.3 Å². The zero-order chi connectivity index (χ0) is 10.8. The van der Waals surface area contributed by atoms with E-state index in [-0.39, 0.29) is 16.8 Å². The summed E-state index contributed by atoms with van der Waals surface area (Å²) in [5.74, 6) is -0.163. The minimum Gasteiger partial charge on any atom is -0.382 e. The van der Waals surface area contributed by atoms with Crippen LogP contribution >= 0.6 is 11.6 Å². The van der Waals surface area contributed by atoms with E-state index in [0.717, 1.165) is 0 Å². The first-order valence-corrected chi connectivity index (χ1v) is 4.60. The lowest BCUT2D eigenvalue weighted by molar-refractivity contribution is 0.631. The highest BCUT2D eigenvalue weighted by Crippen LogP contribution is 2.28. The van der Waals surface area contributed by atoms with Gasteiger partial charge in [-0.15, -0.1) is 10.2 Å². The van der Waals surface area contributed by atoms with Crippen molar-refractivity contribution in [2.45, 2.75) is 0 Å². The molecule has 0 saturated heterocycles. The number of nitrogens with two attached hydrogens (primary N) is 1. The number of anilines is 1. The van der Waals surface area contributed by atoms with Crippen LogP contribution in [0.4, 0.5) is 10.2 Å². The van der Waals surface area contributed by atoms with Gasteiger partial charge >= 0.3 is 0 Å². The highest BCUT2D eigenvalue weighted by atomic mass is 35.5. The van der Waals surface area contributed by atoms with Crippen LogP contribution in [0.25, 0.3) is 11.1 Å². The Hall–Kier alpha value is -1.68. The molecule has 1 heterocycles. The normalized spacial score (nSPS) is 10.3. The summed E-state index contributed by atoms with van der Waals surface area (Å²) in [5, 5.41) is 7.32. The van der Waals surface area contributed by atoms with Gasteiger partial charge < -0.3 is 5.73 Å². The molecule has 1 aromatic carbocycles. The summed E-state index contributed by atoms with van der Waals surface area (Å²) in [4.78, 5) is 0. The van der Waals surface area contributed by atoms with E-state index in [2.05, 4.69) is 10.2 Å². The summed E-state index contributed by atoms with van der Waals surface area (Å²) in [5.41, 5.74) is 6.27. The van der Waals surface area contributed by atoms with Crippen molar-refractivity contribution in [2.75, 3.05) is 5.73 Å². The zero-order valence-corrected chi connectivity index (χ0v) is 8.37. The highest BCUT2D eigenvalue weighted by molar-refractivity contribution is 6.32. The summed E-state index contributed by atoms with van der Waals surface area (Å²) >= 11 is 5.81. The number of rotatable bonds is 1. The topological polar surface area (TPSA) is 51.8 Å². The molecule has 0 aliphatic rings. The van der Waals surface area contributed by atoms with Gasteiger partial charge in [0.25, 0.3) is 0 Å². The molecular weight excluding hydrogens is 217 g/mol. The van der Waals surface area contributed by atoms with Crippen LogP contribution in [0.1, 0.15) is 0 Å². The fourth-order valence-electron chi connectivity index (χ4n) is 1.26. The minimum atomic E-state index is -0.369. The van der Waals surface area contributed by atoms with Gasteiger partial charge in [0.05, 0.1) is 0 Å². The van der Waals surface area contributed by atoms with Crippen LogP contribution in [-0.4, -0.2) is 10.2 Å². The summed E-state index contributed by atoms with van der Waals surface area (Å²) < 4.78 is 13.4. The number of nitrogen functional groups attached to an aromatic ring is 1. The van der Waals surface area contributed by atoms with Gasteiger partial charge in [0.1, 0.15) is 11.6 Å². The molecule has 0 aliphatic heterocycles. The van der Waals surface area contributed by atoms with E-state index in [1.54, 1.807) is 18.2 Å². The van der Waals surface area contributed by atoms with Gasteiger partial charge in [0.2, 0.25) is 0 Å². The van der Waals surface area contributed by atoms with Crippen LogP contribution in [0.3, 0.4) is 0 Å². The van der Waals surface area contributed by atoms with Crippen LogP contribution in [0, 0.1) is 5.82 Å². The predicted octanol–water partition coefficient (Wildman–Crippen LogP) is 2.52. The lowest BCUT2D eigenvalue weighted by Gasteiger charge is -2.04. The van der Waals surface area contributed by atoms with Crippen LogP contribution in [0.5, 0.6) is 0 Å². The molecule has 0 radical (unpaired) electrons. The fraction of sp³-hybridized carbons (Fsp3) is 0. The van der Waals surface area contributed by atoms with Crippen molar-refractivity contribution < 1.29 is 4.39 Å². The van der Waals surface area contributed by atoms with Gasteiger partial charge in [-0.25, -0.2) is 4.39 Å². The van der Waals surface area contributed by atoms with Crippen molar-refractivity contribution in [3.05, 3.63) is 41.3 Å². The summed E-state index contributed by atoms with van der Waals surface area (Å²) in [6, 6.07) is 7.77. The average molecular weight is 224 g/mol. The lowest BCUT2D eigenvalue weighted by Crippen LogP contribution is -1.95. The lowest BCUT2D eigenvalue weighted by atomic mass is 10.1. The van der Waals surface area contributed by atoms with Crippen molar-refractivity contribution in [3.63, 3.8) is 0 Å². The van der Waals surface area contributed by atoms with E-state index in [9.17, 15) is 4.39 Å². The van der Waals surface area contributed by atoms with Crippen molar-refractivity contribution in [3.8, 4) is 11.1 Å². The Kier molecular flexibility index (Phi) is 2.51. The van der Waals surface area contributed by atoms with Gasteiger partial charge in [-0.2, -0.15) is 0 Å². The van der Waals surface area contributed by atoms with Gasteiger partial charge in [0.15, 0.2) is 5.15 Å². The monoisotopic (exact) mass is 223 g/mol. The molecule has 2 rings (SSSR count). The summed E-state index contributed by atoms with van der Waals surface area (Å²) in [7, 11) is 0. The van der Waals surface area contributed by atoms with E-state index in [0.29, 0.717) is 11.1 Å². The molecule has 0 amide bonds. The van der Waals surface area contributed by atoms with Crippen molar-refractivity contribution in [2.24, 2.45) is 0 Å². The number of nitrogens with zero attached hydrogens (tertiary/aromatic N) is 2. The number of benzene rings is 1. The molecule has 0 fully saturated rings. The molecule has 0 aliphatic carbocycles. The van der Waals surface area contributed by atoms with Gasteiger partial charge in [0, 0.05) is 11.1 Å². The second-order valence-corrected chi connectivity index (χ2v) is 3.31. The fourth-order valence-corrected chi connectivity index (χ4v) is 1.45. The first-order valence-electron chi connectivity index (χ1n) is 4.22. The third kappa shape index (κ3) is 1.89. The molecule has 15 heavy (non-hydrogen) atoms. The Balaban J connectivity index is 2.64. The number of halogens is 2. The Labute approximate surface area is 90.7 Å². The molecule has 0 spiro atoms. The molecule has 76 valence electrons. The second-order valence-electron chi connectivity index (χ2n) is 2.95. The number of hydrogen-bond acceptors (Lipinski definition) is 3. The van der Waals surface area contributed by atoms with Crippen LogP contribution in [0.15, 0.2) is 30.3 Å². The molecule has 5 heteroatoms. The first-order chi connectivity index (χ1) is 7.18. The SMILES string of the molecule is Nc1cc(-c2ccccc2F)c(Cl)nn1. The van der Waals surface area contributed by atoms with E-state index in [1.165, 1.54) is 12.1 Å². The zero-order valence-electron chi connectivity index (χ0n) is 7.61. The Morgan fingerprint density at radius 2 is 1.87 bits per heavy atom. The minimum absolute atomic E-state index is 0.134.